The standard InChI is InChI=1S/C19H21F3N2O2/c1-10-23-13-9-12-11(7-14(13)26-10)8-15-17(2,3)18(12,4)5-6-24(15)16(25)19(20,21)22/h7,9,15H,5-6,8H2,1-4H3/t15?,18-/m0/s1. The van der Waals surface area contributed by atoms with Gasteiger partial charge in [-0.2, -0.15) is 13.2 Å². The number of benzene rings is 1. The molecule has 4 nitrogen and oxygen atoms in total. The summed E-state index contributed by atoms with van der Waals surface area (Å²) in [7, 11) is 0. The first-order valence-corrected chi connectivity index (χ1v) is 8.73. The predicted molar refractivity (Wildman–Crippen MR) is 89.8 cm³/mol. The van der Waals surface area contributed by atoms with Crippen molar-refractivity contribution in [3.63, 3.8) is 0 Å². The third-order valence-corrected chi connectivity index (χ3v) is 6.72. The highest BCUT2D eigenvalue weighted by Gasteiger charge is 2.59. The van der Waals surface area contributed by atoms with E-state index in [2.05, 4.69) is 11.9 Å². The van der Waals surface area contributed by atoms with E-state index in [9.17, 15) is 18.0 Å². The van der Waals surface area contributed by atoms with Gasteiger partial charge in [-0.15, -0.1) is 0 Å². The van der Waals surface area contributed by atoms with Crippen LogP contribution in [0, 0.1) is 12.3 Å². The molecule has 1 aliphatic heterocycles. The summed E-state index contributed by atoms with van der Waals surface area (Å²) in [5, 5.41) is 0. The van der Waals surface area contributed by atoms with Crippen molar-refractivity contribution in [2.24, 2.45) is 5.41 Å². The number of hydrogen-bond acceptors (Lipinski definition) is 3. The van der Waals surface area contributed by atoms with Gasteiger partial charge in [0.25, 0.3) is 0 Å². The zero-order valence-corrected chi connectivity index (χ0v) is 15.2. The average Bonchev–Trinajstić information content (AvgIpc) is 2.87. The van der Waals surface area contributed by atoms with Crippen molar-refractivity contribution in [1.82, 2.24) is 9.88 Å². The minimum Gasteiger partial charge on any atom is -0.441 e. The summed E-state index contributed by atoms with van der Waals surface area (Å²) in [6.45, 7) is 7.90. The SMILES string of the molecule is Cc1nc2cc3c(cc2o1)CC1N(C(=O)C(F)(F)F)CC[C@]3(C)C1(C)C. The van der Waals surface area contributed by atoms with Crippen LogP contribution < -0.4 is 0 Å². The minimum atomic E-state index is -4.85. The number of piperidine rings is 1. The van der Waals surface area contributed by atoms with E-state index in [1.807, 2.05) is 26.0 Å². The van der Waals surface area contributed by atoms with E-state index < -0.39 is 23.5 Å². The molecule has 1 aliphatic carbocycles. The number of amides is 1. The largest absolute Gasteiger partial charge is 0.471 e. The molecular weight excluding hydrogens is 345 g/mol. The van der Waals surface area contributed by atoms with E-state index in [-0.39, 0.29) is 12.0 Å². The molecule has 0 spiro atoms. The maximum Gasteiger partial charge on any atom is 0.471 e. The van der Waals surface area contributed by atoms with Crippen LogP contribution >= 0.6 is 0 Å². The van der Waals surface area contributed by atoms with Gasteiger partial charge in [-0.3, -0.25) is 4.79 Å². The van der Waals surface area contributed by atoms with Crippen LogP contribution in [0.25, 0.3) is 11.1 Å². The van der Waals surface area contributed by atoms with Gasteiger partial charge in [0.1, 0.15) is 5.52 Å². The van der Waals surface area contributed by atoms with Gasteiger partial charge in [0.05, 0.1) is 0 Å². The molecule has 1 aromatic carbocycles. The summed E-state index contributed by atoms with van der Waals surface area (Å²) in [4.78, 5) is 17.4. The van der Waals surface area contributed by atoms with Crippen LogP contribution in [0.3, 0.4) is 0 Å². The molecule has 26 heavy (non-hydrogen) atoms. The lowest BCUT2D eigenvalue weighted by atomic mass is 9.51. The molecule has 0 saturated carbocycles. The van der Waals surface area contributed by atoms with E-state index in [0.29, 0.717) is 24.3 Å². The fourth-order valence-corrected chi connectivity index (χ4v) is 4.85. The van der Waals surface area contributed by atoms with Crippen LogP contribution in [0.2, 0.25) is 0 Å². The van der Waals surface area contributed by atoms with Crippen molar-refractivity contribution in [2.45, 2.75) is 58.2 Å². The topological polar surface area (TPSA) is 46.3 Å². The van der Waals surface area contributed by atoms with Gasteiger partial charge in [0.15, 0.2) is 11.5 Å². The maximum atomic E-state index is 13.1. The third-order valence-electron chi connectivity index (χ3n) is 6.72. The van der Waals surface area contributed by atoms with Crippen LogP contribution in [0.15, 0.2) is 16.5 Å². The average molecular weight is 366 g/mol. The van der Waals surface area contributed by atoms with Crippen LogP contribution in [0.1, 0.15) is 44.2 Å². The number of likely N-dealkylation sites (tertiary alicyclic amines) is 1. The van der Waals surface area contributed by atoms with E-state index in [1.54, 1.807) is 6.92 Å². The van der Waals surface area contributed by atoms with Crippen molar-refractivity contribution in [3.8, 4) is 0 Å². The minimum absolute atomic E-state index is 0.109. The molecule has 4 rings (SSSR count). The molecule has 1 amide bonds. The summed E-state index contributed by atoms with van der Waals surface area (Å²) in [5.41, 5.74) is 2.63. The highest BCUT2D eigenvalue weighted by molar-refractivity contribution is 5.83. The monoisotopic (exact) mass is 366 g/mol. The molecule has 1 fully saturated rings. The van der Waals surface area contributed by atoms with E-state index in [1.165, 1.54) is 0 Å². The Morgan fingerprint density at radius 1 is 1.31 bits per heavy atom. The molecule has 2 aliphatic rings. The number of aromatic nitrogens is 1. The molecule has 2 atom stereocenters. The summed E-state index contributed by atoms with van der Waals surface area (Å²) in [6, 6.07) is 3.39. The third kappa shape index (κ3) is 2.15. The molecule has 1 saturated heterocycles. The second kappa shape index (κ2) is 5.02. The number of alkyl halides is 3. The lowest BCUT2D eigenvalue weighted by molar-refractivity contribution is -0.195. The number of oxazole rings is 1. The van der Waals surface area contributed by atoms with Crippen molar-refractivity contribution >= 4 is 17.0 Å². The molecule has 2 heterocycles. The molecule has 0 radical (unpaired) electrons. The highest BCUT2D eigenvalue weighted by atomic mass is 19.4. The normalized spacial score (nSPS) is 27.5. The lowest BCUT2D eigenvalue weighted by Gasteiger charge is -2.60. The number of fused-ring (bicyclic) bond motifs is 5. The summed E-state index contributed by atoms with van der Waals surface area (Å²) in [6.07, 6.45) is -3.99. The summed E-state index contributed by atoms with van der Waals surface area (Å²) in [5.74, 6) is -1.18. The van der Waals surface area contributed by atoms with Gasteiger partial charge < -0.3 is 9.32 Å². The number of carbonyl (C=O) groups excluding carboxylic acids is 1. The zero-order valence-electron chi connectivity index (χ0n) is 15.2. The van der Waals surface area contributed by atoms with Crippen molar-refractivity contribution in [3.05, 3.63) is 29.2 Å². The summed E-state index contributed by atoms with van der Waals surface area (Å²) >= 11 is 0. The number of aryl methyl sites for hydroxylation is 1. The first-order chi connectivity index (χ1) is 11.9. The number of carbonyl (C=O) groups is 1. The van der Waals surface area contributed by atoms with Gasteiger partial charge in [-0.25, -0.2) is 4.98 Å². The molecule has 140 valence electrons. The fraction of sp³-hybridized carbons (Fsp3) is 0.579. The van der Waals surface area contributed by atoms with Gasteiger partial charge >= 0.3 is 12.1 Å². The van der Waals surface area contributed by atoms with Crippen LogP contribution in [0.4, 0.5) is 13.2 Å². The van der Waals surface area contributed by atoms with Crippen LogP contribution in [0.5, 0.6) is 0 Å². The number of rotatable bonds is 0. The maximum absolute atomic E-state index is 13.1. The number of hydrogen-bond donors (Lipinski definition) is 0. The quantitative estimate of drug-likeness (QED) is 0.704. The van der Waals surface area contributed by atoms with Gasteiger partial charge in [0.2, 0.25) is 0 Å². The molecule has 0 N–H and O–H groups in total. The first kappa shape index (κ1) is 17.4. The van der Waals surface area contributed by atoms with E-state index >= 15 is 0 Å². The summed E-state index contributed by atoms with van der Waals surface area (Å²) < 4.78 is 44.9. The molecule has 7 heteroatoms. The number of halogens is 3. The Kier molecular flexibility index (Phi) is 3.35. The molecule has 1 unspecified atom stereocenters. The van der Waals surface area contributed by atoms with Crippen LogP contribution in [-0.4, -0.2) is 34.6 Å². The lowest BCUT2D eigenvalue weighted by Crippen LogP contribution is -2.66. The molecule has 2 bridgehead atoms. The zero-order chi connectivity index (χ0) is 19.1. The Morgan fingerprint density at radius 3 is 2.65 bits per heavy atom. The Labute approximate surface area is 149 Å². The smallest absolute Gasteiger partial charge is 0.441 e. The van der Waals surface area contributed by atoms with Crippen LogP contribution in [-0.2, 0) is 16.6 Å². The van der Waals surface area contributed by atoms with Crippen molar-refractivity contribution < 1.29 is 22.4 Å². The number of nitrogens with zero attached hydrogens (tertiary/aromatic N) is 2. The van der Waals surface area contributed by atoms with Gasteiger partial charge in [-0.1, -0.05) is 20.8 Å². The first-order valence-electron chi connectivity index (χ1n) is 8.73. The predicted octanol–water partition coefficient (Wildman–Crippen LogP) is 4.14. The van der Waals surface area contributed by atoms with Crippen molar-refractivity contribution in [1.29, 1.82) is 0 Å². The fourth-order valence-electron chi connectivity index (χ4n) is 4.85. The Balaban J connectivity index is 1.87. The second-order valence-electron chi connectivity index (χ2n) is 8.23. The van der Waals surface area contributed by atoms with E-state index in [4.69, 9.17) is 4.42 Å². The van der Waals surface area contributed by atoms with Crippen molar-refractivity contribution in [2.75, 3.05) is 6.54 Å². The Morgan fingerprint density at radius 2 is 2.00 bits per heavy atom. The second-order valence-corrected chi connectivity index (χ2v) is 8.23. The van der Waals surface area contributed by atoms with Gasteiger partial charge in [0, 0.05) is 24.9 Å². The molecule has 1 aromatic heterocycles. The highest BCUT2D eigenvalue weighted by Crippen LogP contribution is 2.56. The molecule has 2 aromatic rings. The molecular formula is C19H21F3N2O2. The Bertz CT molecular complexity index is 915. The Hall–Kier alpha value is -2.05. The van der Waals surface area contributed by atoms with E-state index in [0.717, 1.165) is 21.5 Å². The van der Waals surface area contributed by atoms with Gasteiger partial charge in [-0.05, 0) is 41.5 Å².